The molecule has 0 spiro atoms. The predicted molar refractivity (Wildman–Crippen MR) is 178 cm³/mol. The van der Waals surface area contributed by atoms with Gasteiger partial charge in [0.1, 0.15) is 5.84 Å². The fourth-order valence-corrected chi connectivity index (χ4v) is 6.53. The van der Waals surface area contributed by atoms with Crippen LogP contribution < -0.4 is 21.3 Å². The highest BCUT2D eigenvalue weighted by Gasteiger charge is 2.46. The number of benzene rings is 2. The van der Waals surface area contributed by atoms with Gasteiger partial charge in [-0.2, -0.15) is 0 Å². The van der Waals surface area contributed by atoms with Crippen molar-refractivity contribution in [1.82, 2.24) is 25.8 Å². The van der Waals surface area contributed by atoms with Gasteiger partial charge in [0, 0.05) is 35.5 Å². The lowest BCUT2D eigenvalue weighted by molar-refractivity contribution is -0.111. The summed E-state index contributed by atoms with van der Waals surface area (Å²) in [7, 11) is 4.02. The molecule has 1 aliphatic carbocycles. The van der Waals surface area contributed by atoms with Crippen LogP contribution in [0.2, 0.25) is 0 Å². The van der Waals surface area contributed by atoms with Crippen molar-refractivity contribution in [2.24, 2.45) is 4.99 Å². The molecule has 3 atom stereocenters. The molecule has 10 nitrogen and oxygen atoms in total. The zero-order valence-electron chi connectivity index (χ0n) is 26.7. The number of aliphatic imine (C=N–C) groups is 1. The van der Waals surface area contributed by atoms with Gasteiger partial charge >= 0.3 is 6.03 Å². The molecular formula is C35H45N7O3. The van der Waals surface area contributed by atoms with Gasteiger partial charge in [-0.25, -0.2) is 4.79 Å². The van der Waals surface area contributed by atoms with Crippen molar-refractivity contribution in [3.05, 3.63) is 89.5 Å². The van der Waals surface area contributed by atoms with Gasteiger partial charge in [-0.3, -0.25) is 14.6 Å². The van der Waals surface area contributed by atoms with E-state index in [2.05, 4.69) is 58.7 Å². The van der Waals surface area contributed by atoms with E-state index in [4.69, 9.17) is 4.99 Å². The zero-order valence-corrected chi connectivity index (χ0v) is 26.7. The van der Waals surface area contributed by atoms with Gasteiger partial charge in [0.2, 0.25) is 5.91 Å². The van der Waals surface area contributed by atoms with Crippen molar-refractivity contribution in [2.75, 3.05) is 39.0 Å². The summed E-state index contributed by atoms with van der Waals surface area (Å²) in [5, 5.41) is 12.9. The highest BCUT2D eigenvalue weighted by atomic mass is 16.2. The van der Waals surface area contributed by atoms with Crippen molar-refractivity contribution in [3.8, 4) is 0 Å². The maximum absolute atomic E-state index is 13.7. The van der Waals surface area contributed by atoms with Crippen LogP contribution >= 0.6 is 0 Å². The average molecular weight is 612 g/mol. The molecule has 1 saturated carbocycles. The molecule has 0 aromatic heterocycles. The van der Waals surface area contributed by atoms with Crippen LogP contribution in [0.15, 0.2) is 83.4 Å². The monoisotopic (exact) mass is 611 g/mol. The number of amidine groups is 1. The number of likely N-dealkylation sites (N-methyl/N-ethyl adjacent to an activating group) is 1. The van der Waals surface area contributed by atoms with E-state index < -0.39 is 5.54 Å². The number of anilines is 1. The minimum Gasteiger partial charge on any atom is -0.367 e. The number of carbonyl (C=O) groups excluding carboxylic acids is 3. The average Bonchev–Trinajstić information content (AvgIpc) is 3.54. The number of nitrogens with zero attached hydrogens (tertiary/aromatic N) is 3. The molecule has 5 rings (SSSR count). The van der Waals surface area contributed by atoms with E-state index in [-0.39, 0.29) is 36.0 Å². The van der Waals surface area contributed by atoms with Crippen LogP contribution in [0.1, 0.15) is 61.5 Å². The second kappa shape index (κ2) is 13.7. The van der Waals surface area contributed by atoms with Gasteiger partial charge < -0.3 is 31.1 Å². The zero-order chi connectivity index (χ0) is 32.1. The largest absolute Gasteiger partial charge is 0.367 e. The standard InChI is InChI=1S/C35H45N7O3/c1-6-31(43)37-25-17-15-24(16-18-25)33(44)39-27-14-10-13-26(19-27)38-32-28-21-42(35(2,3)29(28)20-36-32)34(45)40-30(22-41(4)5)23-11-8-7-9-12-23/h6-9,11-12,15-18,26-27,30H,1,10,13-14,19-22H2,2-5H3,(H,36,38)(H,37,43)(H,39,44)(H,40,45)/t26-,27+,30-/m1/s1. The van der Waals surface area contributed by atoms with Crippen LogP contribution in [0.5, 0.6) is 0 Å². The fraction of sp³-hybridized carbons (Fsp3) is 0.429. The quantitative estimate of drug-likeness (QED) is 0.316. The van der Waals surface area contributed by atoms with E-state index in [1.165, 1.54) is 11.6 Å². The Balaban J connectivity index is 1.18. The van der Waals surface area contributed by atoms with Crippen LogP contribution in [0.4, 0.5) is 10.5 Å². The van der Waals surface area contributed by atoms with E-state index in [1.54, 1.807) is 24.3 Å². The first-order valence-corrected chi connectivity index (χ1v) is 15.7. The SMILES string of the molecule is C=CC(=O)Nc1ccc(C(=O)N[C@H]2CCC[C@@H](NC3=NCC4=C3CN(C(=O)N[C@H](CN(C)C)c3ccccc3)C4(C)C)C2)cc1. The lowest BCUT2D eigenvalue weighted by atomic mass is 9.90. The van der Waals surface area contributed by atoms with Gasteiger partial charge in [0.05, 0.1) is 24.7 Å². The Hall–Kier alpha value is -4.44. The second-order valence-corrected chi connectivity index (χ2v) is 12.9. The van der Waals surface area contributed by atoms with E-state index in [0.717, 1.165) is 42.7 Å². The smallest absolute Gasteiger partial charge is 0.318 e. The van der Waals surface area contributed by atoms with Crippen LogP contribution in [0, 0.1) is 0 Å². The van der Waals surface area contributed by atoms with E-state index in [0.29, 0.717) is 30.9 Å². The van der Waals surface area contributed by atoms with E-state index in [1.807, 2.05) is 37.2 Å². The molecule has 2 aliphatic heterocycles. The number of hydrogen-bond donors (Lipinski definition) is 4. The van der Waals surface area contributed by atoms with Crippen LogP contribution in [0.3, 0.4) is 0 Å². The minimum atomic E-state index is -0.460. The van der Waals surface area contributed by atoms with Gasteiger partial charge in [-0.05, 0) is 95.1 Å². The first-order valence-electron chi connectivity index (χ1n) is 15.7. The number of carbonyl (C=O) groups is 3. The highest BCUT2D eigenvalue weighted by molar-refractivity contribution is 6.04. The third kappa shape index (κ3) is 7.45. The third-order valence-electron chi connectivity index (χ3n) is 9.02. The first-order chi connectivity index (χ1) is 21.5. The minimum absolute atomic E-state index is 0.0354. The Labute approximate surface area is 266 Å². The van der Waals surface area contributed by atoms with Crippen molar-refractivity contribution in [1.29, 1.82) is 0 Å². The molecule has 10 heteroatoms. The summed E-state index contributed by atoms with van der Waals surface area (Å²) in [6, 6.07) is 16.9. The molecule has 238 valence electrons. The maximum Gasteiger partial charge on any atom is 0.318 e. The van der Waals surface area contributed by atoms with E-state index >= 15 is 0 Å². The van der Waals surface area contributed by atoms with Crippen molar-refractivity contribution >= 4 is 29.4 Å². The normalized spacial score (nSPS) is 21.1. The number of rotatable bonds is 9. The highest BCUT2D eigenvalue weighted by Crippen LogP contribution is 2.38. The van der Waals surface area contributed by atoms with Crippen molar-refractivity contribution in [2.45, 2.75) is 63.2 Å². The summed E-state index contributed by atoms with van der Waals surface area (Å²) < 4.78 is 0. The summed E-state index contributed by atoms with van der Waals surface area (Å²) >= 11 is 0. The molecule has 0 saturated heterocycles. The van der Waals surface area contributed by atoms with Gasteiger partial charge in [-0.1, -0.05) is 36.9 Å². The molecule has 2 aromatic rings. The maximum atomic E-state index is 13.7. The predicted octanol–water partition coefficient (Wildman–Crippen LogP) is 4.26. The lowest BCUT2D eigenvalue weighted by Gasteiger charge is -2.36. The number of nitrogens with one attached hydrogen (secondary N) is 4. The van der Waals surface area contributed by atoms with Crippen LogP contribution in [-0.4, -0.2) is 84.8 Å². The molecular weight excluding hydrogens is 566 g/mol. The third-order valence-corrected chi connectivity index (χ3v) is 9.02. The Morgan fingerprint density at radius 2 is 1.78 bits per heavy atom. The molecule has 1 fully saturated rings. The Morgan fingerprint density at radius 3 is 2.47 bits per heavy atom. The summed E-state index contributed by atoms with van der Waals surface area (Å²) in [6.07, 6.45) is 4.88. The Bertz CT molecular complexity index is 1480. The number of hydrogen-bond acceptors (Lipinski definition) is 6. The molecule has 0 unspecified atom stereocenters. The van der Waals surface area contributed by atoms with Crippen molar-refractivity contribution < 1.29 is 14.4 Å². The Morgan fingerprint density at radius 1 is 1.07 bits per heavy atom. The van der Waals surface area contributed by atoms with Crippen LogP contribution in [-0.2, 0) is 4.79 Å². The fourth-order valence-electron chi connectivity index (χ4n) is 6.53. The van der Waals surface area contributed by atoms with Crippen molar-refractivity contribution in [3.63, 3.8) is 0 Å². The molecule has 0 radical (unpaired) electrons. The lowest BCUT2D eigenvalue weighted by Crippen LogP contribution is -2.52. The summed E-state index contributed by atoms with van der Waals surface area (Å²) in [5.74, 6) is 0.444. The van der Waals surface area contributed by atoms with Crippen LogP contribution in [0.25, 0.3) is 0 Å². The molecule has 3 aliphatic rings. The van der Waals surface area contributed by atoms with E-state index in [9.17, 15) is 14.4 Å². The molecule has 2 heterocycles. The molecule has 45 heavy (non-hydrogen) atoms. The molecule has 2 aromatic carbocycles. The van der Waals surface area contributed by atoms with Gasteiger partial charge in [0.25, 0.3) is 5.91 Å². The summed E-state index contributed by atoms with van der Waals surface area (Å²) in [6.45, 7) is 9.43. The topological polar surface area (TPSA) is 118 Å². The van der Waals surface area contributed by atoms with Gasteiger partial charge in [0.15, 0.2) is 0 Å². The summed E-state index contributed by atoms with van der Waals surface area (Å²) in [5.41, 5.74) is 4.06. The molecule has 4 N–H and O–H groups in total. The number of urea groups is 1. The molecule has 4 amide bonds. The summed E-state index contributed by atoms with van der Waals surface area (Å²) in [4.78, 5) is 47.1. The second-order valence-electron chi connectivity index (χ2n) is 12.9. The number of amides is 4. The first kappa shape index (κ1) is 32.0. The van der Waals surface area contributed by atoms with Gasteiger partial charge in [-0.15, -0.1) is 0 Å². The molecule has 0 bridgehead atoms. The Kier molecular flexibility index (Phi) is 9.72.